The predicted molar refractivity (Wildman–Crippen MR) is 88.3 cm³/mol. The van der Waals surface area contributed by atoms with Crippen molar-refractivity contribution in [2.24, 2.45) is 7.05 Å². The molecular weight excluding hydrogens is 322 g/mol. The number of amides is 1. The summed E-state index contributed by atoms with van der Waals surface area (Å²) in [6.45, 7) is 2.61. The summed E-state index contributed by atoms with van der Waals surface area (Å²) in [5.41, 5.74) is 0.374. The van der Waals surface area contributed by atoms with Crippen molar-refractivity contribution in [2.75, 3.05) is 31.1 Å². The Morgan fingerprint density at radius 2 is 1.80 bits per heavy atom. The Kier molecular flexibility index (Phi) is 3.84. The molecule has 1 fully saturated rings. The second-order valence-corrected chi connectivity index (χ2v) is 5.76. The molecule has 1 saturated heterocycles. The molecule has 0 spiro atoms. The molecule has 0 radical (unpaired) electrons. The van der Waals surface area contributed by atoms with Crippen LogP contribution < -0.4 is 4.90 Å². The number of anilines is 1. The number of piperazine rings is 1. The standard InChI is InChI=1S/C15H17N9O/c1-21-11-12(17-20-21)15(25)23-9-7-22(8-10-23)13-3-4-14(19-18-13)24-6-2-5-16-24/h2-6,11H,7-10H2,1H3. The maximum absolute atomic E-state index is 12.4. The van der Waals surface area contributed by atoms with Crippen LogP contribution in [0.4, 0.5) is 5.82 Å². The number of rotatable bonds is 3. The number of hydrogen-bond acceptors (Lipinski definition) is 7. The quantitative estimate of drug-likeness (QED) is 0.649. The fourth-order valence-electron chi connectivity index (χ4n) is 2.76. The van der Waals surface area contributed by atoms with Crippen LogP contribution in [0.5, 0.6) is 0 Å². The zero-order chi connectivity index (χ0) is 17.2. The van der Waals surface area contributed by atoms with E-state index in [4.69, 9.17) is 0 Å². The lowest BCUT2D eigenvalue weighted by Crippen LogP contribution is -2.49. The van der Waals surface area contributed by atoms with Crippen LogP contribution in [0, 0.1) is 0 Å². The van der Waals surface area contributed by atoms with E-state index in [1.54, 1.807) is 29.0 Å². The molecule has 3 aromatic rings. The lowest BCUT2D eigenvalue weighted by atomic mass is 10.3. The summed E-state index contributed by atoms with van der Waals surface area (Å²) >= 11 is 0. The van der Waals surface area contributed by atoms with Crippen molar-refractivity contribution in [3.05, 3.63) is 42.5 Å². The highest BCUT2D eigenvalue weighted by Gasteiger charge is 2.24. The second-order valence-electron chi connectivity index (χ2n) is 5.76. The van der Waals surface area contributed by atoms with Crippen molar-refractivity contribution < 1.29 is 4.79 Å². The number of nitrogens with zero attached hydrogens (tertiary/aromatic N) is 9. The molecule has 128 valence electrons. The molecule has 3 aromatic heterocycles. The van der Waals surface area contributed by atoms with E-state index in [0.717, 1.165) is 5.82 Å². The lowest BCUT2D eigenvalue weighted by molar-refractivity contribution is 0.0740. The lowest BCUT2D eigenvalue weighted by Gasteiger charge is -2.34. The smallest absolute Gasteiger partial charge is 0.276 e. The first kappa shape index (κ1) is 15.2. The van der Waals surface area contributed by atoms with Gasteiger partial charge in [-0.25, -0.2) is 4.68 Å². The van der Waals surface area contributed by atoms with Gasteiger partial charge in [-0.3, -0.25) is 9.48 Å². The normalized spacial score (nSPS) is 14.8. The van der Waals surface area contributed by atoms with Gasteiger partial charge in [-0.05, 0) is 18.2 Å². The minimum atomic E-state index is -0.0899. The van der Waals surface area contributed by atoms with Gasteiger partial charge in [0.15, 0.2) is 17.3 Å². The summed E-state index contributed by atoms with van der Waals surface area (Å²) in [5, 5.41) is 20.3. The van der Waals surface area contributed by atoms with Gasteiger partial charge >= 0.3 is 0 Å². The highest BCUT2D eigenvalue weighted by Crippen LogP contribution is 2.15. The van der Waals surface area contributed by atoms with Crippen LogP contribution in [0.3, 0.4) is 0 Å². The van der Waals surface area contributed by atoms with Crippen LogP contribution in [0.15, 0.2) is 36.8 Å². The third kappa shape index (κ3) is 3.05. The Labute approximate surface area is 143 Å². The summed E-state index contributed by atoms with van der Waals surface area (Å²) in [4.78, 5) is 16.3. The number of aryl methyl sites for hydroxylation is 1. The fraction of sp³-hybridized carbons (Fsp3) is 0.333. The maximum atomic E-state index is 12.4. The molecule has 0 aliphatic carbocycles. The minimum Gasteiger partial charge on any atom is -0.352 e. The van der Waals surface area contributed by atoms with Gasteiger partial charge in [-0.1, -0.05) is 5.21 Å². The van der Waals surface area contributed by atoms with Crippen molar-refractivity contribution in [3.63, 3.8) is 0 Å². The maximum Gasteiger partial charge on any atom is 0.276 e. The van der Waals surface area contributed by atoms with Crippen molar-refractivity contribution in [2.45, 2.75) is 0 Å². The number of carbonyl (C=O) groups excluding carboxylic acids is 1. The zero-order valence-corrected chi connectivity index (χ0v) is 13.7. The van der Waals surface area contributed by atoms with E-state index < -0.39 is 0 Å². The largest absolute Gasteiger partial charge is 0.352 e. The minimum absolute atomic E-state index is 0.0899. The van der Waals surface area contributed by atoms with Gasteiger partial charge in [-0.2, -0.15) is 5.10 Å². The summed E-state index contributed by atoms with van der Waals surface area (Å²) in [7, 11) is 1.74. The molecule has 0 atom stereocenters. The van der Waals surface area contributed by atoms with Gasteiger partial charge in [0.2, 0.25) is 0 Å². The molecule has 1 aliphatic rings. The molecular formula is C15H17N9O. The van der Waals surface area contributed by atoms with E-state index in [0.29, 0.717) is 37.7 Å². The molecule has 0 bridgehead atoms. The summed E-state index contributed by atoms with van der Waals surface area (Å²) < 4.78 is 3.19. The van der Waals surface area contributed by atoms with Crippen molar-refractivity contribution in [1.82, 2.24) is 39.9 Å². The van der Waals surface area contributed by atoms with Crippen LogP contribution >= 0.6 is 0 Å². The zero-order valence-electron chi connectivity index (χ0n) is 13.7. The first-order valence-electron chi connectivity index (χ1n) is 7.95. The van der Waals surface area contributed by atoms with Crippen molar-refractivity contribution in [3.8, 4) is 5.82 Å². The first-order valence-corrected chi connectivity index (χ1v) is 7.95. The summed E-state index contributed by atoms with van der Waals surface area (Å²) in [6, 6.07) is 5.64. The van der Waals surface area contributed by atoms with Gasteiger partial charge < -0.3 is 9.80 Å². The van der Waals surface area contributed by atoms with E-state index in [1.807, 2.05) is 24.4 Å². The van der Waals surface area contributed by atoms with Crippen LogP contribution in [-0.4, -0.2) is 72.0 Å². The van der Waals surface area contributed by atoms with Gasteiger partial charge in [0, 0.05) is 45.6 Å². The molecule has 1 amide bonds. The van der Waals surface area contributed by atoms with Gasteiger partial charge in [0.1, 0.15) is 0 Å². The molecule has 0 unspecified atom stereocenters. The Bertz CT molecular complexity index is 848. The van der Waals surface area contributed by atoms with E-state index in [9.17, 15) is 4.79 Å². The molecule has 4 rings (SSSR count). The molecule has 1 aliphatic heterocycles. The second kappa shape index (κ2) is 6.30. The number of hydrogen-bond donors (Lipinski definition) is 0. The Balaban J connectivity index is 1.39. The Hall–Kier alpha value is -3.30. The van der Waals surface area contributed by atoms with Crippen LogP contribution in [0.25, 0.3) is 5.82 Å². The van der Waals surface area contributed by atoms with E-state index in [1.165, 1.54) is 4.68 Å². The summed E-state index contributed by atoms with van der Waals surface area (Å²) in [5.74, 6) is 1.38. The van der Waals surface area contributed by atoms with Crippen LogP contribution in [0.2, 0.25) is 0 Å². The Morgan fingerprint density at radius 1 is 1.04 bits per heavy atom. The van der Waals surface area contributed by atoms with Gasteiger partial charge in [-0.15, -0.1) is 15.3 Å². The molecule has 4 heterocycles. The van der Waals surface area contributed by atoms with Gasteiger partial charge in [0.05, 0.1) is 6.20 Å². The fourth-order valence-corrected chi connectivity index (χ4v) is 2.76. The van der Waals surface area contributed by atoms with E-state index in [2.05, 4.69) is 30.5 Å². The van der Waals surface area contributed by atoms with Gasteiger partial charge in [0.25, 0.3) is 5.91 Å². The molecule has 0 aromatic carbocycles. The molecule has 10 heteroatoms. The third-order valence-corrected chi connectivity index (χ3v) is 4.09. The monoisotopic (exact) mass is 339 g/mol. The average molecular weight is 339 g/mol. The van der Waals surface area contributed by atoms with E-state index >= 15 is 0 Å². The highest BCUT2D eigenvalue weighted by atomic mass is 16.2. The number of carbonyl (C=O) groups is 1. The average Bonchev–Trinajstić information content (AvgIpc) is 3.33. The molecule has 0 N–H and O–H groups in total. The van der Waals surface area contributed by atoms with Crippen molar-refractivity contribution in [1.29, 1.82) is 0 Å². The topological polar surface area (TPSA) is 97.9 Å². The Morgan fingerprint density at radius 3 is 2.40 bits per heavy atom. The third-order valence-electron chi connectivity index (χ3n) is 4.09. The first-order chi connectivity index (χ1) is 12.2. The predicted octanol–water partition coefficient (Wildman–Crippen LogP) is -0.247. The SMILES string of the molecule is Cn1cc(C(=O)N2CCN(c3ccc(-n4cccn4)nn3)CC2)nn1. The molecule has 0 saturated carbocycles. The van der Waals surface area contributed by atoms with E-state index in [-0.39, 0.29) is 5.91 Å². The van der Waals surface area contributed by atoms with Crippen LogP contribution in [-0.2, 0) is 7.05 Å². The summed E-state index contributed by atoms with van der Waals surface area (Å²) in [6.07, 6.45) is 5.15. The van der Waals surface area contributed by atoms with Crippen LogP contribution in [0.1, 0.15) is 10.5 Å². The number of aromatic nitrogens is 7. The molecule has 25 heavy (non-hydrogen) atoms. The van der Waals surface area contributed by atoms with Crippen molar-refractivity contribution >= 4 is 11.7 Å². The highest BCUT2D eigenvalue weighted by molar-refractivity contribution is 5.92. The molecule has 10 nitrogen and oxygen atoms in total.